The normalized spacial score (nSPS) is 21.9. The maximum Gasteiger partial charge on any atom is 0.234 e. The Morgan fingerprint density at radius 2 is 2.11 bits per heavy atom. The molecule has 1 atom stereocenters. The van der Waals surface area contributed by atoms with Gasteiger partial charge in [0.2, 0.25) is 5.91 Å². The molecule has 0 spiro atoms. The maximum atomic E-state index is 11.8. The van der Waals surface area contributed by atoms with Crippen LogP contribution in [0.2, 0.25) is 0 Å². The van der Waals surface area contributed by atoms with Crippen LogP contribution in [0, 0.1) is 5.41 Å². The molecule has 1 saturated heterocycles. The molecule has 0 radical (unpaired) electrons. The number of carbonyl (C=O) groups excluding carboxylic acids is 1. The Hall–Kier alpha value is -0.610. The van der Waals surface area contributed by atoms with Crippen LogP contribution in [0.25, 0.3) is 0 Å². The summed E-state index contributed by atoms with van der Waals surface area (Å²) in [5.74, 6) is 0.163. The quantitative estimate of drug-likeness (QED) is 0.776. The largest absolute Gasteiger partial charge is 0.355 e. The van der Waals surface area contributed by atoms with Crippen LogP contribution in [-0.4, -0.2) is 50.1 Å². The van der Waals surface area contributed by atoms with Gasteiger partial charge in [0.05, 0.1) is 6.54 Å². The van der Waals surface area contributed by atoms with Gasteiger partial charge in [0.1, 0.15) is 0 Å². The zero-order chi connectivity index (χ0) is 13.6. The third kappa shape index (κ3) is 6.36. The summed E-state index contributed by atoms with van der Waals surface area (Å²) in [6.45, 7) is 9.95. The Bertz CT molecular complexity index is 260. The number of rotatable bonds is 5. The van der Waals surface area contributed by atoms with E-state index in [0.717, 1.165) is 26.1 Å². The maximum absolute atomic E-state index is 11.8. The van der Waals surface area contributed by atoms with Crippen molar-refractivity contribution in [2.75, 3.05) is 33.2 Å². The topological polar surface area (TPSA) is 44.4 Å². The summed E-state index contributed by atoms with van der Waals surface area (Å²) >= 11 is 0. The second-order valence-corrected chi connectivity index (χ2v) is 6.52. The van der Waals surface area contributed by atoms with E-state index in [9.17, 15) is 4.79 Å². The number of amides is 1. The van der Waals surface area contributed by atoms with E-state index in [4.69, 9.17) is 0 Å². The van der Waals surface area contributed by atoms with E-state index in [-0.39, 0.29) is 11.3 Å². The standard InChI is InChI=1S/C14H29N3O/c1-14(2,3)7-8-16-13(18)11-17-9-5-6-12(10-17)15-4/h12,15H,5-11H2,1-4H3,(H,16,18). The first-order chi connectivity index (χ1) is 8.40. The Morgan fingerprint density at radius 1 is 1.39 bits per heavy atom. The van der Waals surface area contributed by atoms with Crippen LogP contribution in [0.5, 0.6) is 0 Å². The molecule has 0 saturated carbocycles. The third-order valence-corrected chi connectivity index (χ3v) is 3.48. The number of piperidine rings is 1. The highest BCUT2D eigenvalue weighted by atomic mass is 16.2. The van der Waals surface area contributed by atoms with E-state index in [2.05, 4.69) is 36.3 Å². The SMILES string of the molecule is CNC1CCCN(CC(=O)NCCC(C)(C)C)C1. The molecule has 0 aromatic carbocycles. The van der Waals surface area contributed by atoms with Crippen molar-refractivity contribution >= 4 is 5.91 Å². The van der Waals surface area contributed by atoms with Crippen molar-refractivity contribution in [3.8, 4) is 0 Å². The Balaban J connectivity index is 2.19. The zero-order valence-electron chi connectivity index (χ0n) is 12.4. The average Bonchev–Trinajstić information content (AvgIpc) is 2.27. The number of carbonyl (C=O) groups is 1. The van der Waals surface area contributed by atoms with Gasteiger partial charge in [-0.05, 0) is 38.3 Å². The molecule has 1 heterocycles. The van der Waals surface area contributed by atoms with Gasteiger partial charge in [0, 0.05) is 19.1 Å². The molecule has 4 nitrogen and oxygen atoms in total. The van der Waals surface area contributed by atoms with Crippen LogP contribution in [0.4, 0.5) is 0 Å². The lowest BCUT2D eigenvalue weighted by Crippen LogP contribution is -2.48. The predicted molar refractivity (Wildman–Crippen MR) is 75.6 cm³/mol. The first-order valence-corrected chi connectivity index (χ1v) is 7.07. The summed E-state index contributed by atoms with van der Waals surface area (Å²) in [5.41, 5.74) is 0.287. The van der Waals surface area contributed by atoms with Gasteiger partial charge < -0.3 is 10.6 Å². The highest BCUT2D eigenvalue weighted by molar-refractivity contribution is 5.77. The number of nitrogens with one attached hydrogen (secondary N) is 2. The molecular formula is C14H29N3O. The minimum Gasteiger partial charge on any atom is -0.355 e. The van der Waals surface area contributed by atoms with Crippen LogP contribution < -0.4 is 10.6 Å². The number of likely N-dealkylation sites (N-methyl/N-ethyl adjacent to an activating group) is 1. The van der Waals surface area contributed by atoms with Crippen molar-refractivity contribution in [3.63, 3.8) is 0 Å². The number of nitrogens with zero attached hydrogens (tertiary/aromatic N) is 1. The summed E-state index contributed by atoms with van der Waals surface area (Å²) in [6, 6.07) is 0.543. The molecule has 1 aliphatic rings. The first kappa shape index (κ1) is 15.4. The van der Waals surface area contributed by atoms with Crippen molar-refractivity contribution < 1.29 is 4.79 Å². The Morgan fingerprint density at radius 3 is 2.72 bits per heavy atom. The van der Waals surface area contributed by atoms with E-state index in [0.29, 0.717) is 12.6 Å². The molecule has 1 unspecified atom stereocenters. The van der Waals surface area contributed by atoms with Gasteiger partial charge in [-0.2, -0.15) is 0 Å². The van der Waals surface area contributed by atoms with Crippen LogP contribution in [0.3, 0.4) is 0 Å². The van der Waals surface area contributed by atoms with Crippen LogP contribution >= 0.6 is 0 Å². The first-order valence-electron chi connectivity index (χ1n) is 7.07. The average molecular weight is 255 g/mol. The summed E-state index contributed by atoms with van der Waals surface area (Å²) in [4.78, 5) is 14.1. The molecule has 18 heavy (non-hydrogen) atoms. The van der Waals surface area contributed by atoms with Gasteiger partial charge in [-0.1, -0.05) is 20.8 Å². The molecule has 1 fully saturated rings. The lowest BCUT2D eigenvalue weighted by atomic mass is 9.92. The number of hydrogen-bond acceptors (Lipinski definition) is 3. The molecule has 2 N–H and O–H groups in total. The molecule has 0 aliphatic carbocycles. The van der Waals surface area contributed by atoms with Crippen LogP contribution in [0.15, 0.2) is 0 Å². The fourth-order valence-corrected chi connectivity index (χ4v) is 2.27. The van der Waals surface area contributed by atoms with E-state index in [1.165, 1.54) is 12.8 Å². The Labute approximate surface area is 111 Å². The second-order valence-electron chi connectivity index (χ2n) is 6.52. The monoisotopic (exact) mass is 255 g/mol. The second kappa shape index (κ2) is 7.10. The highest BCUT2D eigenvalue weighted by Crippen LogP contribution is 2.16. The van der Waals surface area contributed by atoms with Gasteiger partial charge >= 0.3 is 0 Å². The van der Waals surface area contributed by atoms with Crippen LogP contribution in [0.1, 0.15) is 40.0 Å². The molecule has 0 aromatic heterocycles. The fraction of sp³-hybridized carbons (Fsp3) is 0.929. The number of hydrogen-bond donors (Lipinski definition) is 2. The fourth-order valence-electron chi connectivity index (χ4n) is 2.27. The minimum atomic E-state index is 0.163. The molecule has 0 bridgehead atoms. The van der Waals surface area contributed by atoms with Crippen LogP contribution in [-0.2, 0) is 4.79 Å². The summed E-state index contributed by atoms with van der Waals surface area (Å²) in [7, 11) is 2.00. The molecule has 1 aliphatic heterocycles. The molecule has 0 aromatic rings. The van der Waals surface area contributed by atoms with Crippen molar-refractivity contribution in [2.24, 2.45) is 5.41 Å². The van der Waals surface area contributed by atoms with Crippen molar-refractivity contribution in [1.29, 1.82) is 0 Å². The Kier molecular flexibility index (Phi) is 6.09. The lowest BCUT2D eigenvalue weighted by Gasteiger charge is -2.32. The smallest absolute Gasteiger partial charge is 0.234 e. The van der Waals surface area contributed by atoms with Gasteiger partial charge in [0.15, 0.2) is 0 Å². The number of likely N-dealkylation sites (tertiary alicyclic amines) is 1. The summed E-state index contributed by atoms with van der Waals surface area (Å²) in [6.07, 6.45) is 3.43. The van der Waals surface area contributed by atoms with E-state index >= 15 is 0 Å². The minimum absolute atomic E-state index is 0.163. The van der Waals surface area contributed by atoms with Gasteiger partial charge in [-0.15, -0.1) is 0 Å². The molecule has 1 rings (SSSR count). The van der Waals surface area contributed by atoms with Crippen molar-refractivity contribution in [1.82, 2.24) is 15.5 Å². The predicted octanol–water partition coefficient (Wildman–Crippen LogP) is 1.22. The van der Waals surface area contributed by atoms with Gasteiger partial charge in [-0.25, -0.2) is 0 Å². The molecule has 1 amide bonds. The van der Waals surface area contributed by atoms with Gasteiger partial charge in [-0.3, -0.25) is 9.69 Å². The zero-order valence-corrected chi connectivity index (χ0v) is 12.4. The summed E-state index contributed by atoms with van der Waals surface area (Å²) < 4.78 is 0. The van der Waals surface area contributed by atoms with E-state index in [1.54, 1.807) is 0 Å². The lowest BCUT2D eigenvalue weighted by molar-refractivity contribution is -0.122. The van der Waals surface area contributed by atoms with Crippen molar-refractivity contribution in [2.45, 2.75) is 46.1 Å². The molecule has 106 valence electrons. The van der Waals surface area contributed by atoms with E-state index < -0.39 is 0 Å². The van der Waals surface area contributed by atoms with E-state index in [1.807, 2.05) is 7.05 Å². The third-order valence-electron chi connectivity index (χ3n) is 3.48. The highest BCUT2D eigenvalue weighted by Gasteiger charge is 2.20. The summed E-state index contributed by atoms with van der Waals surface area (Å²) in [5, 5.41) is 6.32. The van der Waals surface area contributed by atoms with Gasteiger partial charge in [0.25, 0.3) is 0 Å². The molecule has 4 heteroatoms. The molecular weight excluding hydrogens is 226 g/mol. The van der Waals surface area contributed by atoms with Crippen molar-refractivity contribution in [3.05, 3.63) is 0 Å².